The largest absolute Gasteiger partial charge is 0.491 e. The molecule has 0 heterocycles. The second-order valence-corrected chi connectivity index (χ2v) is 9.80. The van der Waals surface area contributed by atoms with E-state index in [1.807, 2.05) is 62.4 Å². The lowest BCUT2D eigenvalue weighted by Crippen LogP contribution is -2.50. The third kappa shape index (κ3) is 5.59. The number of amides is 1. The van der Waals surface area contributed by atoms with E-state index in [0.717, 1.165) is 33.9 Å². The highest BCUT2D eigenvalue weighted by molar-refractivity contribution is 7.92. The van der Waals surface area contributed by atoms with Crippen molar-refractivity contribution < 1.29 is 17.9 Å². The molecule has 6 nitrogen and oxygen atoms in total. The van der Waals surface area contributed by atoms with Crippen LogP contribution in [-0.2, 0) is 14.8 Å². The van der Waals surface area contributed by atoms with Crippen LogP contribution in [-0.4, -0.2) is 39.8 Å². The summed E-state index contributed by atoms with van der Waals surface area (Å²) in [4.78, 5) is 13.0. The number of hydrogen-bond acceptors (Lipinski definition) is 4. The van der Waals surface area contributed by atoms with Crippen LogP contribution in [0, 0.1) is 13.8 Å². The highest BCUT2D eigenvalue weighted by atomic mass is 32.2. The molecule has 170 valence electrons. The van der Waals surface area contributed by atoms with Gasteiger partial charge in [-0.25, -0.2) is 8.42 Å². The average molecular weight is 455 g/mol. The highest BCUT2D eigenvalue weighted by Gasteiger charge is 2.31. The summed E-state index contributed by atoms with van der Waals surface area (Å²) in [6.45, 7) is 6.16. The molecule has 1 atom stereocenters. The van der Waals surface area contributed by atoms with Crippen molar-refractivity contribution in [2.75, 3.05) is 23.7 Å². The fourth-order valence-corrected chi connectivity index (χ4v) is 5.11. The molecule has 1 amide bonds. The minimum absolute atomic E-state index is 0.267. The first-order valence-corrected chi connectivity index (χ1v) is 12.5. The Morgan fingerprint density at radius 1 is 1.03 bits per heavy atom. The summed E-state index contributed by atoms with van der Waals surface area (Å²) in [5.74, 6) is 0.399. The Morgan fingerprint density at radius 3 is 2.34 bits per heavy atom. The molecule has 32 heavy (non-hydrogen) atoms. The Kier molecular flexibility index (Phi) is 7.40. The van der Waals surface area contributed by atoms with Gasteiger partial charge in [0.2, 0.25) is 15.9 Å². The molecule has 0 fully saturated rings. The molecule has 0 saturated carbocycles. The van der Waals surface area contributed by atoms with Gasteiger partial charge in [0.05, 0.1) is 18.5 Å². The Morgan fingerprint density at radius 2 is 1.69 bits per heavy atom. The number of benzene rings is 3. The van der Waals surface area contributed by atoms with E-state index in [9.17, 15) is 13.2 Å². The summed E-state index contributed by atoms with van der Waals surface area (Å²) >= 11 is 0. The summed E-state index contributed by atoms with van der Waals surface area (Å²) in [6.07, 6.45) is 1.47. The maximum absolute atomic E-state index is 13.0. The van der Waals surface area contributed by atoms with Crippen molar-refractivity contribution in [1.29, 1.82) is 0 Å². The SMILES string of the molecule is CCC(C(=O)NCCOc1cccc2ccccc12)N(c1cc(C)cc(C)c1)S(C)(=O)=O. The number of sulfonamides is 1. The molecule has 0 saturated heterocycles. The van der Waals surface area contributed by atoms with Crippen LogP contribution in [0.1, 0.15) is 24.5 Å². The quantitative estimate of drug-likeness (QED) is 0.492. The van der Waals surface area contributed by atoms with E-state index in [1.165, 1.54) is 4.31 Å². The lowest BCUT2D eigenvalue weighted by Gasteiger charge is -2.30. The van der Waals surface area contributed by atoms with Gasteiger partial charge >= 0.3 is 0 Å². The Bertz CT molecular complexity index is 1180. The van der Waals surface area contributed by atoms with Gasteiger partial charge < -0.3 is 10.1 Å². The van der Waals surface area contributed by atoms with E-state index >= 15 is 0 Å². The Labute approximate surface area is 190 Å². The van der Waals surface area contributed by atoms with Crippen molar-refractivity contribution in [3.63, 3.8) is 0 Å². The second kappa shape index (κ2) is 10.0. The van der Waals surface area contributed by atoms with Gasteiger partial charge in [-0.1, -0.05) is 49.4 Å². The van der Waals surface area contributed by atoms with Crippen molar-refractivity contribution in [2.24, 2.45) is 0 Å². The Balaban J connectivity index is 1.70. The van der Waals surface area contributed by atoms with Crippen LogP contribution in [0.2, 0.25) is 0 Å². The third-order valence-corrected chi connectivity index (χ3v) is 6.38. The number of nitrogens with zero attached hydrogens (tertiary/aromatic N) is 1. The molecule has 0 aromatic heterocycles. The van der Waals surface area contributed by atoms with Crippen LogP contribution in [0.4, 0.5) is 5.69 Å². The van der Waals surface area contributed by atoms with Crippen LogP contribution < -0.4 is 14.4 Å². The molecule has 3 aromatic carbocycles. The lowest BCUT2D eigenvalue weighted by molar-refractivity contribution is -0.122. The number of carbonyl (C=O) groups excluding carboxylic acids is 1. The topological polar surface area (TPSA) is 75.7 Å². The van der Waals surface area contributed by atoms with E-state index in [0.29, 0.717) is 12.1 Å². The van der Waals surface area contributed by atoms with E-state index in [1.54, 1.807) is 19.1 Å². The van der Waals surface area contributed by atoms with Gasteiger partial charge in [-0.3, -0.25) is 9.10 Å². The van der Waals surface area contributed by atoms with Gasteiger partial charge in [0, 0.05) is 5.39 Å². The van der Waals surface area contributed by atoms with Gasteiger partial charge in [0.1, 0.15) is 18.4 Å². The number of ether oxygens (including phenoxy) is 1. The zero-order chi connectivity index (χ0) is 23.3. The van der Waals surface area contributed by atoms with Gasteiger partial charge in [0.15, 0.2) is 0 Å². The van der Waals surface area contributed by atoms with Crippen molar-refractivity contribution in [2.45, 2.75) is 33.2 Å². The number of fused-ring (bicyclic) bond motifs is 1. The van der Waals surface area contributed by atoms with Crippen LogP contribution in [0.3, 0.4) is 0 Å². The minimum atomic E-state index is -3.66. The molecule has 0 spiro atoms. The average Bonchev–Trinajstić information content (AvgIpc) is 2.73. The minimum Gasteiger partial charge on any atom is -0.491 e. The number of aryl methyl sites for hydroxylation is 2. The monoisotopic (exact) mass is 454 g/mol. The molecule has 0 bridgehead atoms. The molecule has 0 aliphatic carbocycles. The zero-order valence-electron chi connectivity index (χ0n) is 19.0. The summed E-state index contributed by atoms with van der Waals surface area (Å²) < 4.78 is 32.3. The first-order valence-electron chi connectivity index (χ1n) is 10.7. The van der Waals surface area contributed by atoms with Gasteiger partial charge in [0.25, 0.3) is 0 Å². The maximum atomic E-state index is 13.0. The molecule has 0 aliphatic heterocycles. The third-order valence-electron chi connectivity index (χ3n) is 5.20. The van der Waals surface area contributed by atoms with E-state index in [2.05, 4.69) is 5.32 Å². The molecule has 3 aromatic rings. The van der Waals surface area contributed by atoms with Crippen molar-refractivity contribution in [3.05, 3.63) is 71.8 Å². The fraction of sp³-hybridized carbons (Fsp3) is 0.320. The first kappa shape index (κ1) is 23.6. The molecular formula is C25H30N2O4S. The normalized spacial score (nSPS) is 12.4. The van der Waals surface area contributed by atoms with Crippen molar-refractivity contribution in [1.82, 2.24) is 5.32 Å². The van der Waals surface area contributed by atoms with Gasteiger partial charge in [-0.15, -0.1) is 0 Å². The van der Waals surface area contributed by atoms with Crippen molar-refractivity contribution >= 4 is 32.4 Å². The van der Waals surface area contributed by atoms with Crippen LogP contribution >= 0.6 is 0 Å². The summed E-state index contributed by atoms with van der Waals surface area (Å²) in [6, 6.07) is 18.5. The summed E-state index contributed by atoms with van der Waals surface area (Å²) in [5, 5.41) is 4.92. The molecule has 7 heteroatoms. The predicted octanol–water partition coefficient (Wildman–Crippen LogP) is 4.20. The molecule has 3 rings (SSSR count). The molecule has 0 aliphatic rings. The van der Waals surface area contributed by atoms with E-state index < -0.39 is 16.1 Å². The number of anilines is 1. The zero-order valence-corrected chi connectivity index (χ0v) is 19.8. The lowest BCUT2D eigenvalue weighted by atomic mass is 10.1. The fourth-order valence-electron chi connectivity index (χ4n) is 3.91. The predicted molar refractivity (Wildman–Crippen MR) is 130 cm³/mol. The first-order chi connectivity index (χ1) is 15.2. The number of rotatable bonds is 9. The van der Waals surface area contributed by atoms with Gasteiger partial charge in [-0.2, -0.15) is 0 Å². The van der Waals surface area contributed by atoms with Crippen LogP contribution in [0.5, 0.6) is 5.75 Å². The van der Waals surface area contributed by atoms with Crippen molar-refractivity contribution in [3.8, 4) is 5.75 Å². The summed E-state index contributed by atoms with van der Waals surface area (Å²) in [5.41, 5.74) is 2.37. The van der Waals surface area contributed by atoms with E-state index in [-0.39, 0.29) is 19.1 Å². The van der Waals surface area contributed by atoms with Gasteiger partial charge in [-0.05, 0) is 55.0 Å². The highest BCUT2D eigenvalue weighted by Crippen LogP contribution is 2.26. The standard InChI is InChI=1S/C25H30N2O4S/c1-5-23(27(32(4,29)30)21-16-18(2)15-19(3)17-21)25(28)26-13-14-31-24-12-8-10-20-9-6-7-11-22(20)24/h6-12,15-17,23H,5,13-14H2,1-4H3,(H,26,28). The Hall–Kier alpha value is -3.06. The number of nitrogens with one attached hydrogen (secondary N) is 1. The molecule has 1 N–H and O–H groups in total. The smallest absolute Gasteiger partial charge is 0.244 e. The van der Waals surface area contributed by atoms with Crippen LogP contribution in [0.25, 0.3) is 10.8 Å². The van der Waals surface area contributed by atoms with E-state index in [4.69, 9.17) is 4.74 Å². The second-order valence-electron chi connectivity index (χ2n) is 7.95. The number of hydrogen-bond donors (Lipinski definition) is 1. The molecular weight excluding hydrogens is 424 g/mol. The molecule has 0 radical (unpaired) electrons. The molecule has 1 unspecified atom stereocenters. The number of carbonyl (C=O) groups is 1. The van der Waals surface area contributed by atoms with Crippen LogP contribution in [0.15, 0.2) is 60.7 Å². The summed E-state index contributed by atoms with van der Waals surface area (Å²) in [7, 11) is -3.66. The maximum Gasteiger partial charge on any atom is 0.244 e.